The first-order valence-corrected chi connectivity index (χ1v) is 6.68. The van der Waals surface area contributed by atoms with Gasteiger partial charge in [0.25, 0.3) is 0 Å². The van der Waals surface area contributed by atoms with Gasteiger partial charge >= 0.3 is 5.97 Å². The number of phenolic OH excluding ortho intramolecular Hbond substituents is 2. The largest absolute Gasteiger partial charge is 0.504 e. The Morgan fingerprint density at radius 1 is 1.30 bits per heavy atom. The molecule has 0 bridgehead atoms. The number of ether oxygens (including phenoxy) is 1. The minimum atomic E-state index is -0.639. The SMILES string of the molecule is CC(C)(C)OC(=O)C(N)CCCc1ccc(O)c(O)c1. The molecule has 1 rings (SSSR count). The molecule has 5 nitrogen and oxygen atoms in total. The molecule has 4 N–H and O–H groups in total. The second-order valence-corrected chi connectivity index (χ2v) is 5.86. The Bertz CT molecular complexity index is 465. The molecule has 5 heteroatoms. The topological polar surface area (TPSA) is 92.8 Å². The Kier molecular flexibility index (Phi) is 5.39. The summed E-state index contributed by atoms with van der Waals surface area (Å²) in [4.78, 5) is 11.7. The zero-order chi connectivity index (χ0) is 15.3. The quantitative estimate of drug-likeness (QED) is 0.567. The Labute approximate surface area is 119 Å². The lowest BCUT2D eigenvalue weighted by Gasteiger charge is -2.22. The summed E-state index contributed by atoms with van der Waals surface area (Å²) in [6, 6.07) is 4.04. The number of esters is 1. The molecule has 0 amide bonds. The van der Waals surface area contributed by atoms with Crippen molar-refractivity contribution in [3.63, 3.8) is 0 Å². The van der Waals surface area contributed by atoms with Crippen molar-refractivity contribution in [3.8, 4) is 11.5 Å². The van der Waals surface area contributed by atoms with E-state index in [4.69, 9.17) is 10.5 Å². The van der Waals surface area contributed by atoms with Gasteiger partial charge in [-0.3, -0.25) is 4.79 Å². The maximum atomic E-state index is 11.7. The first-order chi connectivity index (χ1) is 9.19. The molecule has 1 unspecified atom stereocenters. The molecule has 1 aromatic rings. The lowest BCUT2D eigenvalue weighted by molar-refractivity contribution is -0.156. The molecule has 20 heavy (non-hydrogen) atoms. The van der Waals surface area contributed by atoms with E-state index >= 15 is 0 Å². The summed E-state index contributed by atoms with van der Waals surface area (Å²) in [6.45, 7) is 5.41. The minimum absolute atomic E-state index is 0.140. The smallest absolute Gasteiger partial charge is 0.323 e. The molecule has 0 saturated heterocycles. The second-order valence-electron chi connectivity index (χ2n) is 5.86. The third-order valence-electron chi connectivity index (χ3n) is 2.73. The van der Waals surface area contributed by atoms with Crippen LogP contribution in [0.5, 0.6) is 11.5 Å². The summed E-state index contributed by atoms with van der Waals surface area (Å²) in [5.74, 6) is -0.677. The molecule has 112 valence electrons. The summed E-state index contributed by atoms with van der Waals surface area (Å²) in [5, 5.41) is 18.6. The molecule has 0 aliphatic carbocycles. The van der Waals surface area contributed by atoms with Gasteiger partial charge in [-0.2, -0.15) is 0 Å². The molecule has 0 radical (unpaired) electrons. The van der Waals surface area contributed by atoms with Crippen LogP contribution in [0.1, 0.15) is 39.2 Å². The molecular formula is C15H23NO4. The van der Waals surface area contributed by atoms with Crippen LogP contribution in [0, 0.1) is 0 Å². The highest BCUT2D eigenvalue weighted by Gasteiger charge is 2.21. The van der Waals surface area contributed by atoms with Crippen LogP contribution in [0.4, 0.5) is 0 Å². The number of rotatable bonds is 5. The normalized spacial score (nSPS) is 13.0. The third kappa shape index (κ3) is 5.48. The first-order valence-electron chi connectivity index (χ1n) is 6.68. The van der Waals surface area contributed by atoms with Crippen molar-refractivity contribution in [3.05, 3.63) is 23.8 Å². The fourth-order valence-corrected chi connectivity index (χ4v) is 1.75. The summed E-state index contributed by atoms with van der Waals surface area (Å²) in [5.41, 5.74) is 6.13. The van der Waals surface area contributed by atoms with Crippen LogP contribution in [0.25, 0.3) is 0 Å². The molecule has 0 heterocycles. The molecular weight excluding hydrogens is 258 g/mol. The number of hydrogen-bond acceptors (Lipinski definition) is 5. The van der Waals surface area contributed by atoms with Crippen molar-refractivity contribution in [1.82, 2.24) is 0 Å². The highest BCUT2D eigenvalue weighted by atomic mass is 16.6. The predicted molar refractivity (Wildman–Crippen MR) is 76.5 cm³/mol. The van der Waals surface area contributed by atoms with E-state index in [1.807, 2.05) is 0 Å². The standard InChI is InChI=1S/C15H23NO4/c1-15(2,3)20-14(19)11(16)6-4-5-10-7-8-12(17)13(18)9-10/h7-9,11,17-18H,4-6,16H2,1-3H3. The van der Waals surface area contributed by atoms with Gasteiger partial charge in [0.15, 0.2) is 11.5 Å². The Morgan fingerprint density at radius 3 is 2.50 bits per heavy atom. The monoisotopic (exact) mass is 281 g/mol. The second kappa shape index (κ2) is 6.61. The Hall–Kier alpha value is -1.75. The van der Waals surface area contributed by atoms with Gasteiger partial charge in [-0.05, 0) is 57.7 Å². The molecule has 0 aliphatic rings. The van der Waals surface area contributed by atoms with Gasteiger partial charge < -0.3 is 20.7 Å². The van der Waals surface area contributed by atoms with Crippen LogP contribution >= 0.6 is 0 Å². The number of aromatic hydroxyl groups is 2. The summed E-state index contributed by atoms with van der Waals surface area (Å²) >= 11 is 0. The maximum Gasteiger partial charge on any atom is 0.323 e. The summed E-state index contributed by atoms with van der Waals surface area (Å²) < 4.78 is 5.20. The van der Waals surface area contributed by atoms with E-state index in [9.17, 15) is 15.0 Å². The fourth-order valence-electron chi connectivity index (χ4n) is 1.75. The van der Waals surface area contributed by atoms with Gasteiger partial charge in [0.2, 0.25) is 0 Å². The number of aryl methyl sites for hydroxylation is 1. The van der Waals surface area contributed by atoms with Gasteiger partial charge in [0.05, 0.1) is 0 Å². The molecule has 0 spiro atoms. The summed E-state index contributed by atoms with van der Waals surface area (Å²) in [6.07, 6.45) is 1.88. The van der Waals surface area contributed by atoms with Gasteiger partial charge in [-0.25, -0.2) is 0 Å². The zero-order valence-electron chi connectivity index (χ0n) is 12.2. The van der Waals surface area contributed by atoms with Crippen molar-refractivity contribution in [2.24, 2.45) is 5.73 Å². The number of carbonyl (C=O) groups excluding carboxylic acids is 1. The molecule has 0 saturated carbocycles. The van der Waals surface area contributed by atoms with Crippen LogP contribution in [-0.2, 0) is 16.0 Å². The number of nitrogens with two attached hydrogens (primary N) is 1. The average Bonchev–Trinajstić information content (AvgIpc) is 2.31. The predicted octanol–water partition coefficient (Wildman–Crippen LogP) is 2.09. The number of phenols is 2. The van der Waals surface area contributed by atoms with Crippen LogP contribution < -0.4 is 5.73 Å². The maximum absolute atomic E-state index is 11.7. The zero-order valence-corrected chi connectivity index (χ0v) is 12.2. The number of carbonyl (C=O) groups is 1. The van der Waals surface area contributed by atoms with Crippen molar-refractivity contribution < 1.29 is 19.7 Å². The van der Waals surface area contributed by atoms with E-state index in [0.29, 0.717) is 19.3 Å². The Balaban J connectivity index is 2.40. The van der Waals surface area contributed by atoms with Crippen molar-refractivity contribution in [2.75, 3.05) is 0 Å². The van der Waals surface area contributed by atoms with Gasteiger partial charge in [0.1, 0.15) is 11.6 Å². The van der Waals surface area contributed by atoms with Gasteiger partial charge in [0, 0.05) is 0 Å². The lowest BCUT2D eigenvalue weighted by Crippen LogP contribution is -2.37. The van der Waals surface area contributed by atoms with Crippen LogP contribution in [-0.4, -0.2) is 27.8 Å². The highest BCUT2D eigenvalue weighted by Crippen LogP contribution is 2.25. The first kappa shape index (κ1) is 16.3. The van der Waals surface area contributed by atoms with E-state index in [-0.39, 0.29) is 11.5 Å². The van der Waals surface area contributed by atoms with Crippen molar-refractivity contribution >= 4 is 5.97 Å². The van der Waals surface area contributed by atoms with Gasteiger partial charge in [-0.15, -0.1) is 0 Å². The fraction of sp³-hybridized carbons (Fsp3) is 0.533. The average molecular weight is 281 g/mol. The minimum Gasteiger partial charge on any atom is -0.504 e. The molecule has 0 aliphatic heterocycles. The van der Waals surface area contributed by atoms with Crippen LogP contribution in [0.3, 0.4) is 0 Å². The van der Waals surface area contributed by atoms with E-state index in [2.05, 4.69) is 0 Å². The van der Waals surface area contributed by atoms with Crippen molar-refractivity contribution in [1.29, 1.82) is 0 Å². The Morgan fingerprint density at radius 2 is 1.95 bits per heavy atom. The lowest BCUT2D eigenvalue weighted by atomic mass is 10.0. The van der Waals surface area contributed by atoms with E-state index in [0.717, 1.165) is 5.56 Å². The molecule has 0 fully saturated rings. The number of benzene rings is 1. The molecule has 0 aromatic heterocycles. The molecule has 1 atom stereocenters. The number of hydrogen-bond donors (Lipinski definition) is 3. The van der Waals surface area contributed by atoms with E-state index in [1.165, 1.54) is 12.1 Å². The van der Waals surface area contributed by atoms with E-state index < -0.39 is 17.6 Å². The molecule has 1 aromatic carbocycles. The van der Waals surface area contributed by atoms with E-state index in [1.54, 1.807) is 26.8 Å². The third-order valence-corrected chi connectivity index (χ3v) is 2.73. The summed E-state index contributed by atoms with van der Waals surface area (Å²) in [7, 11) is 0. The van der Waals surface area contributed by atoms with Crippen molar-refractivity contribution in [2.45, 2.75) is 51.7 Å². The highest BCUT2D eigenvalue weighted by molar-refractivity contribution is 5.75. The van der Waals surface area contributed by atoms with Gasteiger partial charge in [-0.1, -0.05) is 6.07 Å². The van der Waals surface area contributed by atoms with Crippen LogP contribution in [0.2, 0.25) is 0 Å². The van der Waals surface area contributed by atoms with Crippen LogP contribution in [0.15, 0.2) is 18.2 Å².